The Bertz CT molecular complexity index is 750. The molecule has 1 saturated carbocycles. The Labute approximate surface area is 127 Å². The molecule has 108 valence electrons. The highest BCUT2D eigenvalue weighted by Crippen LogP contribution is 2.35. The van der Waals surface area contributed by atoms with E-state index in [1.807, 2.05) is 0 Å². The van der Waals surface area contributed by atoms with Crippen LogP contribution in [-0.2, 0) is 4.79 Å². The number of hydrogen-bond acceptors (Lipinski definition) is 3. The zero-order valence-electron chi connectivity index (χ0n) is 17.3. The van der Waals surface area contributed by atoms with Crippen LogP contribution in [0, 0.1) is 0 Å². The SMILES string of the molecule is [2H]c1c([2H])c(C2([2H])CNC(=O)C2([2H])[2H])c([2H])c(OC2CCCC2)c1OC. The van der Waals surface area contributed by atoms with E-state index in [0.29, 0.717) is 0 Å². The Balaban J connectivity index is 2.20. The monoisotopic (exact) mass is 281 g/mol. The Kier molecular flexibility index (Phi) is 2.27. The van der Waals surface area contributed by atoms with Crippen LogP contribution in [-0.4, -0.2) is 25.7 Å². The van der Waals surface area contributed by atoms with Crippen LogP contribution in [0.15, 0.2) is 18.1 Å². The van der Waals surface area contributed by atoms with Gasteiger partial charge in [0.05, 0.1) is 17.3 Å². The van der Waals surface area contributed by atoms with E-state index in [1.54, 1.807) is 0 Å². The molecule has 2 aliphatic rings. The highest BCUT2D eigenvalue weighted by molar-refractivity contribution is 5.79. The molecule has 4 nitrogen and oxygen atoms in total. The van der Waals surface area contributed by atoms with Crippen molar-refractivity contribution in [2.75, 3.05) is 13.7 Å². The molecule has 0 aromatic heterocycles. The first-order valence-corrected chi connectivity index (χ1v) is 6.78. The molecule has 1 amide bonds. The third-order valence-electron chi connectivity index (χ3n) is 3.53. The third kappa shape index (κ3) is 2.74. The summed E-state index contributed by atoms with van der Waals surface area (Å²) in [5, 5.41) is 2.29. The Morgan fingerprint density at radius 3 is 2.85 bits per heavy atom. The van der Waals surface area contributed by atoms with Crippen molar-refractivity contribution in [2.45, 2.75) is 44.1 Å². The molecule has 1 aliphatic heterocycles. The normalized spacial score (nSPS) is 33.4. The Morgan fingerprint density at radius 2 is 2.20 bits per heavy atom. The van der Waals surface area contributed by atoms with Crippen LogP contribution >= 0.6 is 0 Å². The van der Waals surface area contributed by atoms with Gasteiger partial charge >= 0.3 is 0 Å². The first kappa shape index (κ1) is 7.91. The number of hydrogen-bond donors (Lipinski definition) is 1. The second kappa shape index (κ2) is 5.73. The van der Waals surface area contributed by atoms with Gasteiger partial charge in [-0.25, -0.2) is 0 Å². The Hall–Kier alpha value is -1.71. The summed E-state index contributed by atoms with van der Waals surface area (Å²) < 4.78 is 60.5. The number of benzene rings is 1. The fourth-order valence-corrected chi connectivity index (χ4v) is 2.47. The number of carbonyl (C=O) groups excluding carboxylic acids is 1. The highest BCUT2D eigenvalue weighted by atomic mass is 16.5. The predicted molar refractivity (Wildman–Crippen MR) is 76.2 cm³/mol. The average Bonchev–Trinajstić information content (AvgIpc) is 3.17. The molecule has 1 heterocycles. The summed E-state index contributed by atoms with van der Waals surface area (Å²) in [5.41, 5.74) is -0.334. The Morgan fingerprint density at radius 1 is 1.40 bits per heavy atom. The van der Waals surface area contributed by atoms with Gasteiger partial charge in [0.25, 0.3) is 0 Å². The van der Waals surface area contributed by atoms with Crippen molar-refractivity contribution in [1.29, 1.82) is 0 Å². The first-order chi connectivity index (χ1) is 12.1. The number of ether oxygens (including phenoxy) is 2. The molecule has 1 aromatic rings. The zero-order chi connectivity index (χ0) is 19.3. The molecular weight excluding hydrogens is 254 g/mol. The number of carbonyl (C=O) groups is 1. The van der Waals surface area contributed by atoms with Crippen molar-refractivity contribution in [2.24, 2.45) is 0 Å². The molecule has 0 spiro atoms. The third-order valence-corrected chi connectivity index (χ3v) is 3.53. The molecular formula is C16H21NO3. The van der Waals surface area contributed by atoms with Gasteiger partial charge in [-0.15, -0.1) is 0 Å². The van der Waals surface area contributed by atoms with E-state index in [1.165, 1.54) is 7.11 Å². The lowest BCUT2D eigenvalue weighted by Crippen LogP contribution is -2.14. The lowest BCUT2D eigenvalue weighted by atomic mass is 9.98. The number of nitrogens with one attached hydrogen (secondary N) is 1. The fourth-order valence-electron chi connectivity index (χ4n) is 2.47. The van der Waals surface area contributed by atoms with Gasteiger partial charge in [-0.05, 0) is 43.3 Å². The summed E-state index contributed by atoms with van der Waals surface area (Å²) in [5.74, 6) is -3.30. The molecule has 1 N–H and O–H groups in total. The van der Waals surface area contributed by atoms with Gasteiger partial charge in [-0.1, -0.05) is 6.04 Å². The topological polar surface area (TPSA) is 47.6 Å². The highest BCUT2D eigenvalue weighted by Gasteiger charge is 2.25. The molecule has 1 aromatic carbocycles. The van der Waals surface area contributed by atoms with Gasteiger partial charge < -0.3 is 14.8 Å². The van der Waals surface area contributed by atoms with Crippen LogP contribution in [0.2, 0.25) is 0 Å². The van der Waals surface area contributed by atoms with Crippen LogP contribution in [0.5, 0.6) is 11.5 Å². The smallest absolute Gasteiger partial charge is 0.220 e. The van der Waals surface area contributed by atoms with E-state index in [2.05, 4.69) is 5.32 Å². The number of methoxy groups -OCH3 is 1. The van der Waals surface area contributed by atoms with E-state index in [0.717, 1.165) is 25.7 Å². The van der Waals surface area contributed by atoms with Crippen molar-refractivity contribution in [3.05, 3.63) is 23.7 Å². The molecule has 0 bridgehead atoms. The molecule has 1 atom stereocenters. The summed E-state index contributed by atoms with van der Waals surface area (Å²) in [4.78, 5) is 11.8. The second-order valence-corrected chi connectivity index (χ2v) is 4.92. The minimum Gasteiger partial charge on any atom is -0.493 e. The fraction of sp³-hybridized carbons (Fsp3) is 0.562. The molecule has 1 unspecified atom stereocenters. The molecule has 4 heteroatoms. The van der Waals surface area contributed by atoms with Crippen molar-refractivity contribution in [3.63, 3.8) is 0 Å². The van der Waals surface area contributed by atoms with Gasteiger partial charge in [0, 0.05) is 22.9 Å². The van der Waals surface area contributed by atoms with Gasteiger partial charge in [0.2, 0.25) is 5.91 Å². The van der Waals surface area contributed by atoms with Gasteiger partial charge in [0.1, 0.15) is 0 Å². The van der Waals surface area contributed by atoms with E-state index in [-0.39, 0.29) is 41.8 Å². The van der Waals surface area contributed by atoms with Crippen molar-refractivity contribution >= 4 is 5.91 Å². The van der Waals surface area contributed by atoms with E-state index < -0.39 is 24.2 Å². The van der Waals surface area contributed by atoms with Crippen molar-refractivity contribution < 1.29 is 22.5 Å². The number of rotatable bonds is 4. The lowest BCUT2D eigenvalue weighted by molar-refractivity contribution is -0.119. The van der Waals surface area contributed by atoms with Crippen LogP contribution in [0.1, 0.15) is 51.7 Å². The van der Waals surface area contributed by atoms with Crippen LogP contribution < -0.4 is 14.8 Å². The summed E-state index contributed by atoms with van der Waals surface area (Å²) >= 11 is 0. The van der Waals surface area contributed by atoms with E-state index in [4.69, 9.17) is 17.7 Å². The summed E-state index contributed by atoms with van der Waals surface area (Å²) in [7, 11) is 1.31. The molecule has 3 rings (SSSR count). The quantitative estimate of drug-likeness (QED) is 0.923. The number of amides is 1. The maximum atomic E-state index is 11.8. The minimum absolute atomic E-state index is 0.0582. The maximum absolute atomic E-state index is 11.8. The van der Waals surface area contributed by atoms with E-state index >= 15 is 0 Å². The average molecular weight is 281 g/mol. The standard InChI is InChI=1S/C16H21NO3/c1-19-14-7-6-11(12-9-16(18)17-10-12)8-15(14)20-13-4-2-3-5-13/h6-8,12-13H,2-5,9-10H2,1H3,(H,17,18)/i6D,7D,8D,9D2,12D. The summed E-state index contributed by atoms with van der Waals surface area (Å²) in [6, 6.07) is -1.25. The minimum atomic E-state index is -2.63. The van der Waals surface area contributed by atoms with Crippen LogP contribution in [0.3, 0.4) is 0 Å². The van der Waals surface area contributed by atoms with Gasteiger partial charge in [-0.3, -0.25) is 4.79 Å². The summed E-state index contributed by atoms with van der Waals surface area (Å²) in [6.07, 6.45) is 0.770. The predicted octanol–water partition coefficient (Wildman–Crippen LogP) is 2.62. The van der Waals surface area contributed by atoms with Crippen LogP contribution in [0.25, 0.3) is 0 Å². The molecule has 1 aliphatic carbocycles. The second-order valence-electron chi connectivity index (χ2n) is 4.92. The van der Waals surface area contributed by atoms with Crippen LogP contribution in [0.4, 0.5) is 0 Å². The summed E-state index contributed by atoms with van der Waals surface area (Å²) in [6.45, 7) is -0.384. The molecule has 1 saturated heterocycles. The molecule has 20 heavy (non-hydrogen) atoms. The molecule has 2 fully saturated rings. The van der Waals surface area contributed by atoms with E-state index in [9.17, 15) is 4.79 Å². The molecule has 0 radical (unpaired) electrons. The van der Waals surface area contributed by atoms with Gasteiger partial charge in [-0.2, -0.15) is 0 Å². The maximum Gasteiger partial charge on any atom is 0.220 e. The van der Waals surface area contributed by atoms with Crippen molar-refractivity contribution in [1.82, 2.24) is 5.32 Å². The zero-order valence-corrected chi connectivity index (χ0v) is 11.3. The van der Waals surface area contributed by atoms with Gasteiger partial charge in [0.15, 0.2) is 11.5 Å². The largest absolute Gasteiger partial charge is 0.493 e. The van der Waals surface area contributed by atoms with Crippen molar-refractivity contribution in [3.8, 4) is 11.5 Å². The first-order valence-electron chi connectivity index (χ1n) is 9.78. The lowest BCUT2D eigenvalue weighted by Gasteiger charge is -2.18.